The van der Waals surface area contributed by atoms with Crippen molar-refractivity contribution >= 4 is 17.8 Å². The Hall–Kier alpha value is -2.44. The smallest absolute Gasteiger partial charge is 0.308 e. The van der Waals surface area contributed by atoms with Crippen molar-refractivity contribution in [1.29, 1.82) is 0 Å². The first-order chi connectivity index (χ1) is 13.5. The van der Waals surface area contributed by atoms with Crippen molar-refractivity contribution in [2.24, 2.45) is 11.8 Å². The van der Waals surface area contributed by atoms with E-state index in [0.29, 0.717) is 44.3 Å². The number of hydrogen-bond donors (Lipinski definition) is 2. The molecule has 1 aromatic rings. The third kappa shape index (κ3) is 4.88. The van der Waals surface area contributed by atoms with E-state index in [0.717, 1.165) is 19.3 Å². The number of amides is 2. The lowest BCUT2D eigenvalue weighted by Crippen LogP contribution is -2.50. The standard InChI is InChI=1S/C21H27FN2O4/c22-16-10-8-14(9-11-16)20(26)24-12-4-5-15(13-24)19(25)23-18-7-3-1-2-6-17(18)21(27)28/h8-11,15,17-18H,1-7,12-13H2,(H,23,25)(H,27,28)/t15?,17-,18+/m1/s1. The Bertz CT molecular complexity index is 722. The Morgan fingerprint density at radius 1 is 1.00 bits per heavy atom. The van der Waals surface area contributed by atoms with Crippen molar-refractivity contribution in [2.75, 3.05) is 13.1 Å². The number of carbonyl (C=O) groups excluding carboxylic acids is 2. The second kappa shape index (κ2) is 9.17. The summed E-state index contributed by atoms with van der Waals surface area (Å²) in [5, 5.41) is 12.4. The molecule has 1 aromatic carbocycles. The Morgan fingerprint density at radius 2 is 1.71 bits per heavy atom. The molecule has 1 unspecified atom stereocenters. The number of likely N-dealkylation sites (tertiary alicyclic amines) is 1. The van der Waals surface area contributed by atoms with Gasteiger partial charge in [0.05, 0.1) is 11.8 Å². The molecule has 3 rings (SSSR count). The first-order valence-electron chi connectivity index (χ1n) is 10.0. The van der Waals surface area contributed by atoms with E-state index in [9.17, 15) is 23.9 Å². The number of carboxylic acids is 1. The van der Waals surface area contributed by atoms with Gasteiger partial charge in [-0.1, -0.05) is 19.3 Å². The summed E-state index contributed by atoms with van der Waals surface area (Å²) in [7, 11) is 0. The maximum Gasteiger partial charge on any atom is 0.308 e. The topological polar surface area (TPSA) is 86.7 Å². The molecule has 0 spiro atoms. The number of hydrogen-bond acceptors (Lipinski definition) is 3. The molecule has 152 valence electrons. The molecule has 2 aliphatic rings. The molecule has 2 N–H and O–H groups in total. The number of nitrogens with one attached hydrogen (secondary N) is 1. The van der Waals surface area contributed by atoms with Gasteiger partial charge < -0.3 is 15.3 Å². The molecule has 0 bridgehead atoms. The van der Waals surface area contributed by atoms with Gasteiger partial charge in [-0.25, -0.2) is 4.39 Å². The largest absolute Gasteiger partial charge is 0.481 e. The lowest BCUT2D eigenvalue weighted by Gasteiger charge is -2.33. The van der Waals surface area contributed by atoms with Crippen molar-refractivity contribution in [2.45, 2.75) is 51.0 Å². The molecular formula is C21H27FN2O4. The number of benzene rings is 1. The van der Waals surface area contributed by atoms with E-state index in [-0.39, 0.29) is 23.8 Å². The van der Waals surface area contributed by atoms with Crippen LogP contribution >= 0.6 is 0 Å². The number of aliphatic carboxylic acids is 1. The highest BCUT2D eigenvalue weighted by atomic mass is 19.1. The van der Waals surface area contributed by atoms with Gasteiger partial charge in [-0.05, 0) is 49.9 Å². The summed E-state index contributed by atoms with van der Waals surface area (Å²) < 4.78 is 13.1. The summed E-state index contributed by atoms with van der Waals surface area (Å²) in [6.07, 6.45) is 5.40. The maximum atomic E-state index is 13.1. The molecule has 0 radical (unpaired) electrons. The average Bonchev–Trinajstić information content (AvgIpc) is 2.93. The van der Waals surface area contributed by atoms with Gasteiger partial charge in [0.2, 0.25) is 5.91 Å². The molecule has 1 aliphatic heterocycles. The van der Waals surface area contributed by atoms with Crippen LogP contribution in [0.5, 0.6) is 0 Å². The lowest BCUT2D eigenvalue weighted by molar-refractivity contribution is -0.143. The van der Waals surface area contributed by atoms with E-state index in [1.54, 1.807) is 4.90 Å². The lowest BCUT2D eigenvalue weighted by atomic mass is 9.92. The van der Waals surface area contributed by atoms with Crippen LogP contribution in [0.15, 0.2) is 24.3 Å². The fraction of sp³-hybridized carbons (Fsp3) is 0.571. The summed E-state index contributed by atoms with van der Waals surface area (Å²) >= 11 is 0. The first-order valence-corrected chi connectivity index (χ1v) is 10.0. The van der Waals surface area contributed by atoms with E-state index in [1.807, 2.05) is 0 Å². The fourth-order valence-electron chi connectivity index (χ4n) is 4.23. The van der Waals surface area contributed by atoms with Gasteiger partial charge >= 0.3 is 5.97 Å². The molecule has 3 atom stereocenters. The zero-order chi connectivity index (χ0) is 20.1. The number of halogens is 1. The highest BCUT2D eigenvalue weighted by Gasteiger charge is 2.34. The van der Waals surface area contributed by atoms with Crippen LogP contribution < -0.4 is 5.32 Å². The van der Waals surface area contributed by atoms with Gasteiger partial charge in [0.15, 0.2) is 0 Å². The molecule has 2 amide bonds. The second-order valence-corrected chi connectivity index (χ2v) is 7.80. The summed E-state index contributed by atoms with van der Waals surface area (Å²) in [6, 6.07) is 5.05. The highest BCUT2D eigenvalue weighted by Crippen LogP contribution is 2.25. The Labute approximate surface area is 164 Å². The van der Waals surface area contributed by atoms with Crippen molar-refractivity contribution in [3.63, 3.8) is 0 Å². The van der Waals surface area contributed by atoms with Gasteiger partial charge in [0.1, 0.15) is 5.82 Å². The molecular weight excluding hydrogens is 363 g/mol. The molecule has 1 aliphatic carbocycles. The van der Waals surface area contributed by atoms with E-state index in [4.69, 9.17) is 0 Å². The zero-order valence-corrected chi connectivity index (χ0v) is 15.9. The number of rotatable bonds is 4. The summed E-state index contributed by atoms with van der Waals surface area (Å²) in [4.78, 5) is 38.6. The van der Waals surface area contributed by atoms with Crippen LogP contribution in [0.3, 0.4) is 0 Å². The summed E-state index contributed by atoms with van der Waals surface area (Å²) in [6.45, 7) is 0.855. The minimum absolute atomic E-state index is 0.172. The van der Waals surface area contributed by atoms with Gasteiger partial charge in [0.25, 0.3) is 5.91 Å². The third-order valence-corrected chi connectivity index (χ3v) is 5.83. The fourth-order valence-corrected chi connectivity index (χ4v) is 4.23. The Morgan fingerprint density at radius 3 is 2.43 bits per heavy atom. The van der Waals surface area contributed by atoms with E-state index >= 15 is 0 Å². The van der Waals surface area contributed by atoms with Crippen molar-refractivity contribution in [3.8, 4) is 0 Å². The molecule has 1 heterocycles. The summed E-state index contributed by atoms with van der Waals surface area (Å²) in [5.41, 5.74) is 0.400. The first kappa shape index (κ1) is 20.3. The number of piperidine rings is 1. The van der Waals surface area contributed by atoms with Crippen LogP contribution in [0.2, 0.25) is 0 Å². The van der Waals surface area contributed by atoms with Gasteiger partial charge in [-0.2, -0.15) is 0 Å². The molecule has 7 heteroatoms. The molecule has 1 saturated heterocycles. The highest BCUT2D eigenvalue weighted by molar-refractivity contribution is 5.94. The number of carboxylic acid groups (broad SMARTS) is 1. The van der Waals surface area contributed by atoms with Crippen molar-refractivity contribution < 1.29 is 23.9 Å². The molecule has 1 saturated carbocycles. The second-order valence-electron chi connectivity index (χ2n) is 7.80. The minimum atomic E-state index is -0.857. The molecule has 0 aromatic heterocycles. The minimum Gasteiger partial charge on any atom is -0.481 e. The Kier molecular flexibility index (Phi) is 6.65. The third-order valence-electron chi connectivity index (χ3n) is 5.83. The van der Waals surface area contributed by atoms with Gasteiger partial charge in [-0.3, -0.25) is 14.4 Å². The van der Waals surface area contributed by atoms with Crippen LogP contribution in [-0.2, 0) is 9.59 Å². The molecule has 6 nitrogen and oxygen atoms in total. The molecule has 28 heavy (non-hydrogen) atoms. The predicted molar refractivity (Wildman–Crippen MR) is 101 cm³/mol. The van der Waals surface area contributed by atoms with Gasteiger partial charge in [-0.15, -0.1) is 0 Å². The predicted octanol–water partition coefficient (Wildman–Crippen LogP) is 2.83. The van der Waals surface area contributed by atoms with E-state index in [2.05, 4.69) is 5.32 Å². The Balaban J connectivity index is 1.62. The van der Waals surface area contributed by atoms with E-state index < -0.39 is 17.7 Å². The monoisotopic (exact) mass is 390 g/mol. The quantitative estimate of drug-likeness (QED) is 0.774. The van der Waals surface area contributed by atoms with Gasteiger partial charge in [0, 0.05) is 24.7 Å². The average molecular weight is 390 g/mol. The SMILES string of the molecule is O=C(N[C@H]1CCCCC[C@H]1C(=O)O)C1CCCN(C(=O)c2ccc(F)cc2)C1. The van der Waals surface area contributed by atoms with Crippen LogP contribution in [0.1, 0.15) is 55.3 Å². The summed E-state index contributed by atoms with van der Waals surface area (Å²) in [5.74, 6) is -2.54. The number of carbonyl (C=O) groups is 3. The normalized spacial score (nSPS) is 25.6. The van der Waals surface area contributed by atoms with Crippen molar-refractivity contribution in [3.05, 3.63) is 35.6 Å². The van der Waals surface area contributed by atoms with Crippen LogP contribution in [0, 0.1) is 17.7 Å². The van der Waals surface area contributed by atoms with Crippen LogP contribution in [0.25, 0.3) is 0 Å². The maximum absolute atomic E-state index is 13.1. The van der Waals surface area contributed by atoms with Crippen LogP contribution in [-0.4, -0.2) is 46.9 Å². The number of nitrogens with zero attached hydrogens (tertiary/aromatic N) is 1. The zero-order valence-electron chi connectivity index (χ0n) is 15.9. The van der Waals surface area contributed by atoms with Crippen molar-refractivity contribution in [1.82, 2.24) is 10.2 Å². The van der Waals surface area contributed by atoms with E-state index in [1.165, 1.54) is 24.3 Å². The van der Waals surface area contributed by atoms with Crippen LogP contribution in [0.4, 0.5) is 4.39 Å². The molecule has 2 fully saturated rings.